The van der Waals surface area contributed by atoms with Gasteiger partial charge in [-0.15, -0.1) is 0 Å². The Hall–Kier alpha value is -2.81. The summed E-state index contributed by atoms with van der Waals surface area (Å²) in [5.41, 5.74) is 2.02. The second-order valence-corrected chi connectivity index (χ2v) is 7.61. The van der Waals surface area contributed by atoms with Gasteiger partial charge in [-0.2, -0.15) is 0 Å². The molecule has 0 bridgehead atoms. The summed E-state index contributed by atoms with van der Waals surface area (Å²) in [7, 11) is 2.04. The van der Waals surface area contributed by atoms with E-state index in [0.717, 1.165) is 31.1 Å². The van der Waals surface area contributed by atoms with Crippen LogP contribution in [0.5, 0.6) is 0 Å². The lowest BCUT2D eigenvalue weighted by Crippen LogP contribution is -2.41. The van der Waals surface area contributed by atoms with E-state index in [1.807, 2.05) is 11.4 Å². The molecule has 7 nitrogen and oxygen atoms in total. The van der Waals surface area contributed by atoms with Gasteiger partial charge in [-0.05, 0) is 38.2 Å². The highest BCUT2D eigenvalue weighted by Gasteiger charge is 2.24. The first-order chi connectivity index (χ1) is 14.8. The van der Waals surface area contributed by atoms with E-state index in [1.165, 1.54) is 19.1 Å². The van der Waals surface area contributed by atoms with Crippen molar-refractivity contribution in [2.24, 2.45) is 0 Å². The molecule has 3 heterocycles. The third-order valence-electron chi connectivity index (χ3n) is 4.92. The Labute approximate surface area is 184 Å². The van der Waals surface area contributed by atoms with E-state index in [1.54, 1.807) is 18.3 Å². The topological polar surface area (TPSA) is 84.1 Å². The van der Waals surface area contributed by atoms with Crippen molar-refractivity contribution in [2.45, 2.75) is 19.4 Å². The first-order valence-corrected chi connectivity index (χ1v) is 10.1. The molecule has 0 spiro atoms. The van der Waals surface area contributed by atoms with E-state index < -0.39 is 11.8 Å². The molecule has 0 saturated carbocycles. The molecule has 0 radical (unpaired) electrons. The molecule has 0 aliphatic carbocycles. The average Bonchev–Trinajstić information content (AvgIpc) is 3.05. The minimum absolute atomic E-state index is 0.0468. The maximum Gasteiger partial charge on any atom is 0.335 e. The molecule has 164 valence electrons. The molecule has 0 amide bonds. The standard InChI is InChI=1S/C20H19ClFN3O3.C2H4O/c1-24-6-7-28-14(11-24)10-17-19(23-18-9-13(21)4-5-25(17)18)15-3-2-12(20(26)27)8-16(15)22;1-2-3/h2-5,8-9,14H,6-7,10-11H2,1H3,(H,26,27);2H,1H3. The van der Waals surface area contributed by atoms with Crippen molar-refractivity contribution in [3.05, 3.63) is 58.6 Å². The van der Waals surface area contributed by atoms with Gasteiger partial charge >= 0.3 is 5.97 Å². The van der Waals surface area contributed by atoms with Crippen LogP contribution in [0.15, 0.2) is 36.5 Å². The molecule has 2 aromatic heterocycles. The van der Waals surface area contributed by atoms with Crippen molar-refractivity contribution in [3.63, 3.8) is 0 Å². The fourth-order valence-electron chi connectivity index (χ4n) is 3.53. The van der Waals surface area contributed by atoms with Gasteiger partial charge in [-0.3, -0.25) is 0 Å². The maximum atomic E-state index is 14.7. The van der Waals surface area contributed by atoms with Gasteiger partial charge in [0.2, 0.25) is 0 Å². The average molecular weight is 448 g/mol. The lowest BCUT2D eigenvalue weighted by atomic mass is 10.0. The van der Waals surface area contributed by atoms with Gasteiger partial charge in [-0.25, -0.2) is 14.2 Å². The Morgan fingerprint density at radius 1 is 1.39 bits per heavy atom. The number of imidazole rings is 1. The van der Waals surface area contributed by atoms with Crippen LogP contribution in [0.25, 0.3) is 16.9 Å². The van der Waals surface area contributed by atoms with Crippen LogP contribution < -0.4 is 0 Å². The predicted octanol–water partition coefficient (Wildman–Crippen LogP) is 3.57. The summed E-state index contributed by atoms with van der Waals surface area (Å²) >= 11 is 6.10. The fourth-order valence-corrected chi connectivity index (χ4v) is 3.68. The molecule has 1 fully saturated rings. The molecule has 31 heavy (non-hydrogen) atoms. The number of carbonyl (C=O) groups is 2. The van der Waals surface area contributed by atoms with E-state index in [9.17, 15) is 9.18 Å². The summed E-state index contributed by atoms with van der Waals surface area (Å²) < 4.78 is 22.5. The number of morpholine rings is 1. The molecule has 9 heteroatoms. The minimum Gasteiger partial charge on any atom is -0.478 e. The van der Waals surface area contributed by atoms with Gasteiger partial charge in [0.05, 0.1) is 29.7 Å². The number of hydrogen-bond acceptors (Lipinski definition) is 5. The molecule has 1 aliphatic heterocycles. The van der Waals surface area contributed by atoms with Crippen molar-refractivity contribution >= 4 is 29.5 Å². The van der Waals surface area contributed by atoms with Crippen molar-refractivity contribution < 1.29 is 23.8 Å². The predicted molar refractivity (Wildman–Crippen MR) is 115 cm³/mol. The number of halogens is 2. The molecular weight excluding hydrogens is 425 g/mol. The molecule has 1 atom stereocenters. The van der Waals surface area contributed by atoms with Gasteiger partial charge < -0.3 is 23.9 Å². The Morgan fingerprint density at radius 3 is 2.77 bits per heavy atom. The van der Waals surface area contributed by atoms with Crippen molar-refractivity contribution in [1.82, 2.24) is 14.3 Å². The van der Waals surface area contributed by atoms with Gasteiger partial charge in [0.15, 0.2) is 0 Å². The Kier molecular flexibility index (Phi) is 7.37. The zero-order valence-corrected chi connectivity index (χ0v) is 18.0. The lowest BCUT2D eigenvalue weighted by molar-refractivity contribution is -0.106. The summed E-state index contributed by atoms with van der Waals surface area (Å²) in [6, 6.07) is 7.32. The number of aromatic nitrogens is 2. The van der Waals surface area contributed by atoms with Crippen LogP contribution in [-0.2, 0) is 16.0 Å². The van der Waals surface area contributed by atoms with E-state index in [2.05, 4.69) is 9.88 Å². The number of carboxylic acid groups (broad SMARTS) is 1. The molecule has 1 aliphatic rings. The van der Waals surface area contributed by atoms with Crippen LogP contribution in [-0.4, -0.2) is 64.5 Å². The molecule has 1 N–H and O–H groups in total. The first kappa shape index (κ1) is 22.9. The number of ether oxygens (including phenoxy) is 1. The number of carboxylic acids is 1. The van der Waals surface area contributed by atoms with Crippen LogP contribution in [0.3, 0.4) is 0 Å². The lowest BCUT2D eigenvalue weighted by Gasteiger charge is -2.30. The summed E-state index contributed by atoms with van der Waals surface area (Å²) in [6.07, 6.45) is 3.05. The van der Waals surface area contributed by atoms with Crippen molar-refractivity contribution in [1.29, 1.82) is 0 Å². The number of aromatic carboxylic acids is 1. The summed E-state index contributed by atoms with van der Waals surface area (Å²) in [4.78, 5) is 26.7. The number of pyridine rings is 1. The number of hydrogen-bond donors (Lipinski definition) is 1. The SMILES string of the molecule is CC=O.CN1CCOC(Cc2c(-c3ccc(C(=O)O)cc3F)nc3cc(Cl)ccn23)C1. The summed E-state index contributed by atoms with van der Waals surface area (Å²) in [5.74, 6) is -1.80. The van der Waals surface area contributed by atoms with Gasteiger partial charge in [0.25, 0.3) is 0 Å². The summed E-state index contributed by atoms with van der Waals surface area (Å²) in [5, 5.41) is 9.62. The van der Waals surface area contributed by atoms with Gasteiger partial charge in [-0.1, -0.05) is 11.6 Å². The van der Waals surface area contributed by atoms with E-state index in [0.29, 0.717) is 29.4 Å². The largest absolute Gasteiger partial charge is 0.478 e. The van der Waals surface area contributed by atoms with Crippen LogP contribution in [0.2, 0.25) is 5.02 Å². The van der Waals surface area contributed by atoms with Crippen LogP contribution in [0.4, 0.5) is 4.39 Å². The zero-order valence-electron chi connectivity index (χ0n) is 17.2. The van der Waals surface area contributed by atoms with Gasteiger partial charge in [0.1, 0.15) is 17.8 Å². The Bertz CT molecular complexity index is 1100. The zero-order chi connectivity index (χ0) is 22.5. The second-order valence-electron chi connectivity index (χ2n) is 7.17. The molecule has 1 aromatic carbocycles. The number of likely N-dealkylation sites (N-methyl/N-ethyl adjacent to an activating group) is 1. The Balaban J connectivity index is 0.000000858. The Morgan fingerprint density at radius 2 is 2.13 bits per heavy atom. The highest BCUT2D eigenvalue weighted by molar-refractivity contribution is 6.30. The highest BCUT2D eigenvalue weighted by atomic mass is 35.5. The van der Waals surface area contributed by atoms with Crippen LogP contribution >= 0.6 is 11.6 Å². The maximum absolute atomic E-state index is 14.7. The number of benzene rings is 1. The number of aldehydes is 1. The van der Waals surface area contributed by atoms with Crippen LogP contribution in [0, 0.1) is 5.82 Å². The molecular formula is C22H23ClFN3O4. The monoisotopic (exact) mass is 447 g/mol. The van der Waals surface area contributed by atoms with Crippen molar-refractivity contribution in [3.8, 4) is 11.3 Å². The molecule has 1 saturated heterocycles. The first-order valence-electron chi connectivity index (χ1n) is 9.73. The van der Waals surface area contributed by atoms with Crippen molar-refractivity contribution in [2.75, 3.05) is 26.7 Å². The number of fused-ring (bicyclic) bond motifs is 1. The minimum atomic E-state index is -1.17. The number of carbonyl (C=O) groups excluding carboxylic acids is 1. The smallest absolute Gasteiger partial charge is 0.335 e. The normalized spacial score (nSPS) is 16.6. The molecule has 1 unspecified atom stereocenters. The summed E-state index contributed by atoms with van der Waals surface area (Å²) in [6.45, 7) is 3.72. The quantitative estimate of drug-likeness (QED) is 0.615. The van der Waals surface area contributed by atoms with E-state index in [-0.39, 0.29) is 17.2 Å². The second kappa shape index (κ2) is 10.00. The van der Waals surface area contributed by atoms with Crippen LogP contribution in [0.1, 0.15) is 23.0 Å². The number of nitrogens with zero attached hydrogens (tertiary/aromatic N) is 3. The third kappa shape index (κ3) is 5.28. The third-order valence-corrected chi connectivity index (χ3v) is 5.16. The molecule has 3 aromatic rings. The highest BCUT2D eigenvalue weighted by Crippen LogP contribution is 2.30. The van der Waals surface area contributed by atoms with E-state index in [4.69, 9.17) is 26.2 Å². The van der Waals surface area contributed by atoms with Gasteiger partial charge in [0, 0.05) is 42.4 Å². The van der Waals surface area contributed by atoms with E-state index >= 15 is 0 Å². The fraction of sp³-hybridized carbons (Fsp3) is 0.318. The number of rotatable bonds is 4. The molecule has 4 rings (SSSR count).